The largest absolute Gasteiger partial charge is 0.496 e. The zero-order chi connectivity index (χ0) is 18.7. The van der Waals surface area contributed by atoms with Crippen molar-refractivity contribution in [1.29, 1.82) is 0 Å². The number of rotatable bonds is 5. The first-order valence-electron chi connectivity index (χ1n) is 8.20. The van der Waals surface area contributed by atoms with E-state index in [0.717, 1.165) is 10.0 Å². The van der Waals surface area contributed by atoms with Crippen LogP contribution in [0.3, 0.4) is 0 Å². The minimum atomic E-state index is -3.51. The van der Waals surface area contributed by atoms with Crippen molar-refractivity contribution >= 4 is 26.0 Å². The Kier molecular flexibility index (Phi) is 5.96. The molecule has 26 heavy (non-hydrogen) atoms. The van der Waals surface area contributed by atoms with Crippen LogP contribution in [0.15, 0.2) is 51.8 Å². The lowest BCUT2D eigenvalue weighted by Crippen LogP contribution is -2.48. The molecule has 0 bridgehead atoms. The molecule has 0 saturated carbocycles. The number of benzene rings is 2. The molecule has 0 unspecified atom stereocenters. The molecular formula is C18H20BrFN2O3S. The number of piperazine rings is 1. The van der Waals surface area contributed by atoms with Crippen molar-refractivity contribution in [2.75, 3.05) is 33.3 Å². The molecule has 1 aliphatic heterocycles. The van der Waals surface area contributed by atoms with Crippen molar-refractivity contribution in [3.05, 3.63) is 58.3 Å². The summed E-state index contributed by atoms with van der Waals surface area (Å²) in [6, 6.07) is 11.2. The Balaban J connectivity index is 1.67. The van der Waals surface area contributed by atoms with Gasteiger partial charge in [-0.15, -0.1) is 0 Å². The molecule has 0 radical (unpaired) electrons. The van der Waals surface area contributed by atoms with Gasteiger partial charge in [-0.2, -0.15) is 4.31 Å². The number of hydrogen-bond acceptors (Lipinski definition) is 4. The molecular weight excluding hydrogens is 423 g/mol. The first-order chi connectivity index (χ1) is 12.4. The summed E-state index contributed by atoms with van der Waals surface area (Å²) in [7, 11) is -1.95. The highest BCUT2D eigenvalue weighted by Crippen LogP contribution is 2.24. The van der Waals surface area contributed by atoms with E-state index >= 15 is 0 Å². The van der Waals surface area contributed by atoms with Crippen molar-refractivity contribution in [2.24, 2.45) is 0 Å². The number of methoxy groups -OCH3 is 1. The van der Waals surface area contributed by atoms with Crippen LogP contribution >= 0.6 is 15.9 Å². The minimum Gasteiger partial charge on any atom is -0.496 e. The molecule has 0 N–H and O–H groups in total. The molecule has 140 valence electrons. The fourth-order valence-electron chi connectivity index (χ4n) is 3.02. The summed E-state index contributed by atoms with van der Waals surface area (Å²) in [6.45, 7) is 2.46. The molecule has 0 amide bonds. The molecule has 1 heterocycles. The van der Waals surface area contributed by atoms with E-state index in [1.54, 1.807) is 37.4 Å². The van der Waals surface area contributed by atoms with Gasteiger partial charge in [0.05, 0.1) is 12.0 Å². The minimum absolute atomic E-state index is 0.284. The van der Waals surface area contributed by atoms with Crippen LogP contribution in [0.2, 0.25) is 0 Å². The maximum atomic E-state index is 13.5. The van der Waals surface area contributed by atoms with Gasteiger partial charge >= 0.3 is 0 Å². The third-order valence-electron chi connectivity index (χ3n) is 4.40. The summed E-state index contributed by atoms with van der Waals surface area (Å²) in [4.78, 5) is 2.39. The number of ether oxygens (including phenoxy) is 1. The zero-order valence-corrected chi connectivity index (χ0v) is 16.8. The van der Waals surface area contributed by atoms with Gasteiger partial charge in [0.25, 0.3) is 0 Å². The molecule has 2 aromatic carbocycles. The van der Waals surface area contributed by atoms with Gasteiger partial charge < -0.3 is 4.74 Å². The van der Waals surface area contributed by atoms with Gasteiger partial charge in [0, 0.05) is 42.8 Å². The highest BCUT2D eigenvalue weighted by molar-refractivity contribution is 9.10. The predicted molar refractivity (Wildman–Crippen MR) is 101 cm³/mol. The Morgan fingerprint density at radius 3 is 2.50 bits per heavy atom. The van der Waals surface area contributed by atoms with Gasteiger partial charge in [-0.05, 0) is 36.4 Å². The number of nitrogens with zero attached hydrogens (tertiary/aromatic N) is 2. The Labute approximate surface area is 161 Å². The molecule has 1 aliphatic rings. The summed E-state index contributed by atoms with van der Waals surface area (Å²) < 4.78 is 46.6. The molecule has 5 nitrogen and oxygen atoms in total. The highest BCUT2D eigenvalue weighted by atomic mass is 79.9. The van der Waals surface area contributed by atoms with Gasteiger partial charge in [0.2, 0.25) is 10.0 Å². The van der Waals surface area contributed by atoms with Crippen LogP contribution in [0, 0.1) is 5.82 Å². The Morgan fingerprint density at radius 1 is 1.12 bits per heavy atom. The van der Waals surface area contributed by atoms with Gasteiger partial charge in [-0.25, -0.2) is 12.8 Å². The van der Waals surface area contributed by atoms with Crippen molar-refractivity contribution in [1.82, 2.24) is 9.21 Å². The van der Waals surface area contributed by atoms with E-state index in [2.05, 4.69) is 20.8 Å². The van der Waals surface area contributed by atoms with Crippen LogP contribution in [0.4, 0.5) is 4.39 Å². The van der Waals surface area contributed by atoms with Gasteiger partial charge in [0.15, 0.2) is 0 Å². The first-order valence-corrected chi connectivity index (χ1v) is 10.4. The van der Waals surface area contributed by atoms with E-state index in [9.17, 15) is 12.8 Å². The lowest BCUT2D eigenvalue weighted by Gasteiger charge is -2.34. The SMILES string of the molecule is COc1ccc(F)cc1CN1CCN(S(=O)(=O)c2cccc(Br)c2)CC1. The Morgan fingerprint density at radius 2 is 1.85 bits per heavy atom. The monoisotopic (exact) mass is 442 g/mol. The van der Waals surface area contributed by atoms with Gasteiger partial charge in [-0.3, -0.25) is 4.90 Å². The smallest absolute Gasteiger partial charge is 0.243 e. The van der Waals surface area contributed by atoms with Gasteiger partial charge in [0.1, 0.15) is 11.6 Å². The molecule has 0 spiro atoms. The second-order valence-corrected chi connectivity index (χ2v) is 8.95. The molecule has 0 aromatic heterocycles. The fourth-order valence-corrected chi connectivity index (χ4v) is 5.04. The topological polar surface area (TPSA) is 49.9 Å². The summed E-state index contributed by atoms with van der Waals surface area (Å²) in [5.41, 5.74) is 0.760. The summed E-state index contributed by atoms with van der Waals surface area (Å²) in [5, 5.41) is 0. The number of sulfonamides is 1. The lowest BCUT2D eigenvalue weighted by molar-refractivity contribution is 0.180. The number of halogens is 2. The molecule has 0 aliphatic carbocycles. The normalized spacial score (nSPS) is 16.6. The average Bonchev–Trinajstić information content (AvgIpc) is 2.62. The van der Waals surface area contributed by atoms with E-state index in [-0.39, 0.29) is 10.7 Å². The Bertz CT molecular complexity index is 884. The average molecular weight is 443 g/mol. The maximum Gasteiger partial charge on any atom is 0.243 e. The molecule has 0 atom stereocenters. The molecule has 1 fully saturated rings. The van der Waals surface area contributed by atoms with Crippen molar-refractivity contribution in [2.45, 2.75) is 11.4 Å². The van der Waals surface area contributed by atoms with Crippen molar-refractivity contribution < 1.29 is 17.5 Å². The highest BCUT2D eigenvalue weighted by Gasteiger charge is 2.28. The fraction of sp³-hybridized carbons (Fsp3) is 0.333. The summed E-state index contributed by atoms with van der Waals surface area (Å²) >= 11 is 3.31. The van der Waals surface area contributed by atoms with Crippen LogP contribution in [0.25, 0.3) is 0 Å². The molecule has 2 aromatic rings. The van der Waals surface area contributed by atoms with E-state index < -0.39 is 10.0 Å². The number of hydrogen-bond donors (Lipinski definition) is 0. The first kappa shape index (κ1) is 19.3. The zero-order valence-electron chi connectivity index (χ0n) is 14.4. The van der Waals surface area contributed by atoms with E-state index in [0.29, 0.717) is 38.5 Å². The molecule has 3 rings (SSSR count). The summed E-state index contributed by atoms with van der Waals surface area (Å²) in [5.74, 6) is 0.326. The van der Waals surface area contributed by atoms with Crippen molar-refractivity contribution in [3.63, 3.8) is 0 Å². The lowest BCUT2D eigenvalue weighted by atomic mass is 10.1. The van der Waals surface area contributed by atoms with Crippen LogP contribution in [0.1, 0.15) is 5.56 Å². The van der Waals surface area contributed by atoms with E-state index in [4.69, 9.17) is 4.74 Å². The second-order valence-electron chi connectivity index (χ2n) is 6.09. The van der Waals surface area contributed by atoms with Crippen molar-refractivity contribution in [3.8, 4) is 5.75 Å². The quantitative estimate of drug-likeness (QED) is 0.713. The molecule has 1 saturated heterocycles. The van der Waals surface area contributed by atoms with Crippen LogP contribution < -0.4 is 4.74 Å². The summed E-state index contributed by atoms with van der Waals surface area (Å²) in [6.07, 6.45) is 0. The van der Waals surface area contributed by atoms with Crippen LogP contribution in [-0.4, -0.2) is 50.9 Å². The van der Waals surface area contributed by atoms with Crippen LogP contribution in [0.5, 0.6) is 5.75 Å². The van der Waals surface area contributed by atoms with E-state index in [1.165, 1.54) is 16.4 Å². The second kappa shape index (κ2) is 8.04. The third-order valence-corrected chi connectivity index (χ3v) is 6.79. The Hall–Kier alpha value is -1.48. The van der Waals surface area contributed by atoms with E-state index in [1.807, 2.05) is 0 Å². The third kappa shape index (κ3) is 4.25. The molecule has 8 heteroatoms. The standard InChI is InChI=1S/C18H20BrFN2O3S/c1-25-18-6-5-16(20)11-14(18)13-21-7-9-22(10-8-21)26(23,24)17-4-2-3-15(19)12-17/h2-6,11-12H,7-10,13H2,1H3. The predicted octanol–water partition coefficient (Wildman–Crippen LogP) is 3.10. The van der Waals surface area contributed by atoms with Gasteiger partial charge in [-0.1, -0.05) is 22.0 Å². The maximum absolute atomic E-state index is 13.5. The van der Waals surface area contributed by atoms with Crippen LogP contribution in [-0.2, 0) is 16.6 Å².